The molecule has 2 aromatic rings. The first-order chi connectivity index (χ1) is 12.9. The van der Waals surface area contributed by atoms with Crippen molar-refractivity contribution in [3.05, 3.63) is 65.2 Å². The van der Waals surface area contributed by atoms with Gasteiger partial charge >= 0.3 is 0 Å². The van der Waals surface area contributed by atoms with Crippen molar-refractivity contribution < 1.29 is 14.3 Å². The summed E-state index contributed by atoms with van der Waals surface area (Å²) in [6, 6.07) is 12.6. The fraction of sp³-hybridized carbons (Fsp3) is 0.200. The van der Waals surface area contributed by atoms with Crippen LogP contribution in [0, 0.1) is 0 Å². The van der Waals surface area contributed by atoms with Crippen molar-refractivity contribution in [3.63, 3.8) is 0 Å². The summed E-state index contributed by atoms with van der Waals surface area (Å²) in [7, 11) is 0. The molecule has 0 saturated carbocycles. The number of para-hydroxylation sites is 2. The van der Waals surface area contributed by atoms with E-state index in [-0.39, 0.29) is 17.1 Å². The highest BCUT2D eigenvalue weighted by Gasteiger charge is 2.16. The van der Waals surface area contributed by atoms with Gasteiger partial charge in [0.25, 0.3) is 5.91 Å². The number of rotatable bonds is 7. The summed E-state index contributed by atoms with van der Waals surface area (Å²) in [4.78, 5) is 12.7. The number of ether oxygens (including phenoxy) is 2. The summed E-state index contributed by atoms with van der Waals surface area (Å²) in [5.41, 5.74) is 1.04. The number of benzene rings is 2. The van der Waals surface area contributed by atoms with Gasteiger partial charge in [-0.05, 0) is 56.4 Å². The molecule has 0 radical (unpaired) electrons. The third kappa shape index (κ3) is 6.37. The number of hydrogen-bond donors (Lipinski definition) is 2. The van der Waals surface area contributed by atoms with Gasteiger partial charge in [0.1, 0.15) is 18.1 Å². The van der Waals surface area contributed by atoms with Crippen LogP contribution in [0.4, 0.5) is 5.69 Å². The van der Waals surface area contributed by atoms with Crippen molar-refractivity contribution >= 4 is 44.9 Å². The van der Waals surface area contributed by atoms with E-state index in [9.17, 15) is 4.79 Å². The van der Waals surface area contributed by atoms with Crippen LogP contribution in [-0.2, 0) is 0 Å². The van der Waals surface area contributed by atoms with E-state index in [1.165, 1.54) is 0 Å². The van der Waals surface area contributed by atoms with Gasteiger partial charge in [-0.1, -0.05) is 40.7 Å². The fourth-order valence-electron chi connectivity index (χ4n) is 2.20. The molecule has 2 rings (SSSR count). The van der Waals surface area contributed by atoms with E-state index in [4.69, 9.17) is 21.7 Å². The predicted molar refractivity (Wildman–Crippen MR) is 116 cm³/mol. The average molecular weight is 449 g/mol. The van der Waals surface area contributed by atoms with Crippen molar-refractivity contribution in [2.24, 2.45) is 0 Å². The third-order valence-corrected chi connectivity index (χ3v) is 3.97. The van der Waals surface area contributed by atoms with Gasteiger partial charge in [0.15, 0.2) is 5.11 Å². The van der Waals surface area contributed by atoms with E-state index in [0.29, 0.717) is 29.4 Å². The van der Waals surface area contributed by atoms with Gasteiger partial charge in [0.05, 0.1) is 17.4 Å². The normalized spacial score (nSPS) is 10.2. The number of carbonyl (C=O) groups is 1. The summed E-state index contributed by atoms with van der Waals surface area (Å²) in [6.45, 7) is 7.80. The smallest absolute Gasteiger partial charge is 0.261 e. The SMILES string of the molecule is C=CCOc1ccccc1NC(=S)NC(=O)c1cc(Br)ccc1OC(C)C. The van der Waals surface area contributed by atoms with E-state index in [1.807, 2.05) is 38.1 Å². The van der Waals surface area contributed by atoms with Crippen molar-refractivity contribution in [1.29, 1.82) is 0 Å². The average Bonchev–Trinajstić information content (AvgIpc) is 2.62. The molecule has 0 fully saturated rings. The van der Waals surface area contributed by atoms with E-state index in [2.05, 4.69) is 33.1 Å². The number of thiocarbonyl (C=S) groups is 1. The minimum Gasteiger partial charge on any atom is -0.490 e. The molecule has 0 aliphatic carbocycles. The second-order valence-electron chi connectivity index (χ2n) is 5.81. The van der Waals surface area contributed by atoms with E-state index >= 15 is 0 Å². The first-order valence-corrected chi connectivity index (χ1v) is 9.52. The van der Waals surface area contributed by atoms with Crippen LogP contribution < -0.4 is 20.1 Å². The molecule has 0 heterocycles. The van der Waals surface area contributed by atoms with Crippen molar-refractivity contribution in [1.82, 2.24) is 5.32 Å². The Balaban J connectivity index is 2.12. The Morgan fingerprint density at radius 3 is 2.70 bits per heavy atom. The number of carbonyl (C=O) groups excluding carboxylic acids is 1. The van der Waals surface area contributed by atoms with Crippen LogP contribution in [0.25, 0.3) is 0 Å². The highest BCUT2D eigenvalue weighted by Crippen LogP contribution is 2.25. The Morgan fingerprint density at radius 2 is 2.00 bits per heavy atom. The highest BCUT2D eigenvalue weighted by atomic mass is 79.9. The Bertz CT molecular complexity index is 840. The lowest BCUT2D eigenvalue weighted by Crippen LogP contribution is -2.34. The van der Waals surface area contributed by atoms with Crippen LogP contribution in [0.3, 0.4) is 0 Å². The summed E-state index contributed by atoms with van der Waals surface area (Å²) >= 11 is 8.65. The van der Waals surface area contributed by atoms with Gasteiger partial charge < -0.3 is 14.8 Å². The third-order valence-electron chi connectivity index (χ3n) is 3.27. The van der Waals surface area contributed by atoms with E-state index in [1.54, 1.807) is 24.3 Å². The lowest BCUT2D eigenvalue weighted by atomic mass is 10.2. The van der Waals surface area contributed by atoms with Crippen molar-refractivity contribution in [2.75, 3.05) is 11.9 Å². The van der Waals surface area contributed by atoms with Crippen LogP contribution in [-0.4, -0.2) is 23.7 Å². The van der Waals surface area contributed by atoms with Crippen LogP contribution >= 0.6 is 28.1 Å². The molecule has 0 saturated heterocycles. The minimum atomic E-state index is -0.367. The molecule has 0 aromatic heterocycles. The molecule has 7 heteroatoms. The zero-order valence-corrected chi connectivity index (χ0v) is 17.5. The molecule has 0 aliphatic rings. The zero-order valence-electron chi connectivity index (χ0n) is 15.1. The maximum absolute atomic E-state index is 12.7. The molecule has 2 N–H and O–H groups in total. The predicted octanol–water partition coefficient (Wildman–Crippen LogP) is 4.93. The van der Waals surface area contributed by atoms with Gasteiger partial charge in [0.2, 0.25) is 0 Å². The second kappa shape index (κ2) is 10.1. The number of anilines is 1. The summed E-state index contributed by atoms with van der Waals surface area (Å²) in [6.07, 6.45) is 1.59. The molecule has 5 nitrogen and oxygen atoms in total. The van der Waals surface area contributed by atoms with E-state index in [0.717, 1.165) is 4.47 Å². The molecule has 2 aromatic carbocycles. The molecule has 0 spiro atoms. The van der Waals surface area contributed by atoms with Gasteiger partial charge in [0, 0.05) is 4.47 Å². The van der Waals surface area contributed by atoms with Crippen LogP contribution in [0.15, 0.2) is 59.6 Å². The molecular formula is C20H21BrN2O3S. The maximum atomic E-state index is 12.7. The Hall–Kier alpha value is -2.38. The van der Waals surface area contributed by atoms with Crippen LogP contribution in [0.2, 0.25) is 0 Å². The fourth-order valence-corrected chi connectivity index (χ4v) is 2.77. The van der Waals surface area contributed by atoms with Gasteiger partial charge in [-0.3, -0.25) is 10.1 Å². The Morgan fingerprint density at radius 1 is 1.26 bits per heavy atom. The Labute approximate surface area is 172 Å². The Kier molecular flexibility index (Phi) is 7.82. The molecule has 27 heavy (non-hydrogen) atoms. The number of halogens is 1. The van der Waals surface area contributed by atoms with E-state index < -0.39 is 0 Å². The molecule has 1 amide bonds. The topological polar surface area (TPSA) is 59.6 Å². The highest BCUT2D eigenvalue weighted by molar-refractivity contribution is 9.10. The molecular weight excluding hydrogens is 428 g/mol. The largest absolute Gasteiger partial charge is 0.490 e. The molecule has 0 atom stereocenters. The maximum Gasteiger partial charge on any atom is 0.261 e. The van der Waals surface area contributed by atoms with Crippen molar-refractivity contribution in [2.45, 2.75) is 20.0 Å². The minimum absolute atomic E-state index is 0.0586. The number of amides is 1. The lowest BCUT2D eigenvalue weighted by Gasteiger charge is -2.16. The van der Waals surface area contributed by atoms with Crippen LogP contribution in [0.5, 0.6) is 11.5 Å². The summed E-state index contributed by atoms with van der Waals surface area (Å²) in [5, 5.41) is 5.81. The van der Waals surface area contributed by atoms with Gasteiger partial charge in [-0.25, -0.2) is 0 Å². The molecule has 142 valence electrons. The number of hydrogen-bond acceptors (Lipinski definition) is 4. The molecule has 0 unspecified atom stereocenters. The summed E-state index contributed by atoms with van der Waals surface area (Å²) in [5.74, 6) is 0.734. The lowest BCUT2D eigenvalue weighted by molar-refractivity contribution is 0.0972. The monoisotopic (exact) mass is 448 g/mol. The van der Waals surface area contributed by atoms with Gasteiger partial charge in [-0.15, -0.1) is 0 Å². The number of nitrogens with one attached hydrogen (secondary N) is 2. The van der Waals surface area contributed by atoms with Gasteiger partial charge in [-0.2, -0.15) is 0 Å². The summed E-state index contributed by atoms with van der Waals surface area (Å²) < 4.78 is 12.1. The second-order valence-corrected chi connectivity index (χ2v) is 7.14. The van der Waals surface area contributed by atoms with Crippen molar-refractivity contribution in [3.8, 4) is 11.5 Å². The standard InChI is InChI=1S/C20H21BrN2O3S/c1-4-11-25-18-8-6-5-7-16(18)22-20(27)23-19(24)15-12-14(21)9-10-17(15)26-13(2)3/h4-10,12-13H,1,11H2,2-3H3,(H2,22,23,24,27). The zero-order chi connectivity index (χ0) is 19.8. The quantitative estimate of drug-likeness (QED) is 0.464. The first-order valence-electron chi connectivity index (χ1n) is 8.32. The molecule has 0 aliphatic heterocycles. The first kappa shape index (κ1) is 20.9. The molecule has 0 bridgehead atoms. The van der Waals surface area contributed by atoms with Crippen LogP contribution in [0.1, 0.15) is 24.2 Å².